The summed E-state index contributed by atoms with van der Waals surface area (Å²) in [6, 6.07) is 9.72. The summed E-state index contributed by atoms with van der Waals surface area (Å²) in [6.07, 6.45) is -6.96. The molecule has 212 valence electrons. The highest BCUT2D eigenvalue weighted by atomic mass is 35.5. The first-order chi connectivity index (χ1) is 18.9. The van der Waals surface area contributed by atoms with Crippen molar-refractivity contribution in [2.75, 3.05) is 6.61 Å². The van der Waals surface area contributed by atoms with E-state index in [1.165, 1.54) is 12.1 Å². The molecule has 1 aromatic heterocycles. The highest BCUT2D eigenvalue weighted by Gasteiger charge is 2.53. The van der Waals surface area contributed by atoms with Gasteiger partial charge in [-0.2, -0.15) is 0 Å². The zero-order valence-electron chi connectivity index (χ0n) is 21.8. The predicted octanol–water partition coefficient (Wildman–Crippen LogP) is 3.06. The third-order valence-corrected chi connectivity index (χ3v) is 6.16. The van der Waals surface area contributed by atoms with Gasteiger partial charge in [0.2, 0.25) is 12.4 Å². The summed E-state index contributed by atoms with van der Waals surface area (Å²) in [5.74, 6) is -3.04. The third-order valence-electron chi connectivity index (χ3n) is 5.87. The second-order valence-corrected chi connectivity index (χ2v) is 9.31. The summed E-state index contributed by atoms with van der Waals surface area (Å²) in [5.41, 5.74) is -0.433. The largest absolute Gasteiger partial charge is 0.463 e. The number of halogens is 1. The first-order valence-corrected chi connectivity index (χ1v) is 12.4. The van der Waals surface area contributed by atoms with Crippen LogP contribution in [-0.2, 0) is 42.9 Å². The zero-order valence-corrected chi connectivity index (χ0v) is 22.6. The van der Waals surface area contributed by atoms with Gasteiger partial charge >= 0.3 is 29.5 Å². The highest BCUT2D eigenvalue weighted by molar-refractivity contribution is 6.33. The van der Waals surface area contributed by atoms with E-state index in [1.54, 1.807) is 24.3 Å². The minimum Gasteiger partial charge on any atom is -0.463 e. The van der Waals surface area contributed by atoms with E-state index in [0.717, 1.165) is 27.7 Å². The molecule has 2 heterocycles. The first-order valence-electron chi connectivity index (χ1n) is 12.1. The Balaban J connectivity index is 1.78. The van der Waals surface area contributed by atoms with Crippen LogP contribution in [0.15, 0.2) is 45.6 Å². The molecule has 2 aromatic carbocycles. The molecule has 0 spiro atoms. The average molecular weight is 577 g/mol. The number of ether oxygens (including phenoxy) is 6. The quantitative estimate of drug-likeness (QED) is 0.176. The van der Waals surface area contributed by atoms with Crippen LogP contribution < -0.4 is 10.4 Å². The molecule has 12 nitrogen and oxygen atoms in total. The van der Waals surface area contributed by atoms with Crippen molar-refractivity contribution < 1.29 is 52.0 Å². The van der Waals surface area contributed by atoms with Crippen LogP contribution in [0, 0.1) is 0 Å². The molecule has 0 amide bonds. The van der Waals surface area contributed by atoms with Gasteiger partial charge in [0, 0.05) is 39.1 Å². The molecule has 1 fully saturated rings. The SMILES string of the molecule is CC(=O)OC[C@H]1O[C@@H](Oc2cc3oc(=O)c4ccccc4c3cc2Cl)[C@H](OC(C)=O)[C@@H](OC(C)=O)[C@@H]1OC(C)=O. The lowest BCUT2D eigenvalue weighted by atomic mass is 9.98. The van der Waals surface area contributed by atoms with E-state index >= 15 is 0 Å². The molecule has 0 saturated carbocycles. The highest BCUT2D eigenvalue weighted by Crippen LogP contribution is 2.36. The third kappa shape index (κ3) is 6.35. The number of carbonyl (C=O) groups is 4. The lowest BCUT2D eigenvalue weighted by molar-refractivity contribution is -0.288. The number of rotatable bonds is 7. The fraction of sp³-hybridized carbons (Fsp3) is 0.370. The summed E-state index contributed by atoms with van der Waals surface area (Å²) in [4.78, 5) is 60.0. The topological polar surface area (TPSA) is 154 Å². The Bertz CT molecular complexity index is 1530. The molecule has 0 bridgehead atoms. The van der Waals surface area contributed by atoms with E-state index in [4.69, 9.17) is 44.4 Å². The lowest BCUT2D eigenvalue weighted by Gasteiger charge is -2.43. The maximum atomic E-state index is 12.5. The Morgan fingerprint density at radius 1 is 0.800 bits per heavy atom. The molecule has 0 unspecified atom stereocenters. The molecule has 1 aliphatic rings. The Hall–Kier alpha value is -4.16. The van der Waals surface area contributed by atoms with E-state index in [-0.39, 0.29) is 16.4 Å². The van der Waals surface area contributed by atoms with Crippen LogP contribution >= 0.6 is 11.6 Å². The van der Waals surface area contributed by atoms with Crippen LogP contribution in [0.1, 0.15) is 27.7 Å². The van der Waals surface area contributed by atoms with Crippen LogP contribution in [0.25, 0.3) is 21.7 Å². The van der Waals surface area contributed by atoms with Crippen LogP contribution in [0.4, 0.5) is 0 Å². The fourth-order valence-corrected chi connectivity index (χ4v) is 4.59. The number of esters is 4. The van der Waals surface area contributed by atoms with E-state index < -0.39 is 66.8 Å². The van der Waals surface area contributed by atoms with E-state index in [9.17, 15) is 24.0 Å². The molecule has 13 heteroatoms. The summed E-state index contributed by atoms with van der Waals surface area (Å²) < 4.78 is 38.6. The number of fused-ring (bicyclic) bond motifs is 3. The van der Waals surface area contributed by atoms with Crippen molar-refractivity contribution in [1.82, 2.24) is 0 Å². The Morgan fingerprint density at radius 2 is 1.40 bits per heavy atom. The maximum Gasteiger partial charge on any atom is 0.344 e. The van der Waals surface area contributed by atoms with Crippen LogP contribution in [0.5, 0.6) is 5.75 Å². The van der Waals surface area contributed by atoms with Gasteiger partial charge in [-0.3, -0.25) is 19.2 Å². The van der Waals surface area contributed by atoms with Crippen molar-refractivity contribution in [2.45, 2.75) is 58.4 Å². The fourth-order valence-electron chi connectivity index (χ4n) is 4.38. The molecular formula is C27H25ClO12. The van der Waals surface area contributed by atoms with Gasteiger partial charge in [0.25, 0.3) is 0 Å². The van der Waals surface area contributed by atoms with Gasteiger partial charge < -0.3 is 32.8 Å². The normalized spacial score (nSPS) is 22.4. The van der Waals surface area contributed by atoms with Gasteiger partial charge in [-0.25, -0.2) is 4.79 Å². The predicted molar refractivity (Wildman–Crippen MR) is 138 cm³/mol. The van der Waals surface area contributed by atoms with Crippen molar-refractivity contribution in [3.05, 3.63) is 51.8 Å². The number of hydrogen-bond acceptors (Lipinski definition) is 12. The number of hydrogen-bond donors (Lipinski definition) is 0. The molecule has 0 radical (unpaired) electrons. The van der Waals surface area contributed by atoms with Gasteiger partial charge in [-0.1, -0.05) is 29.8 Å². The summed E-state index contributed by atoms with van der Waals surface area (Å²) in [7, 11) is 0. The monoisotopic (exact) mass is 576 g/mol. The van der Waals surface area contributed by atoms with E-state index in [1.807, 2.05) is 0 Å². The van der Waals surface area contributed by atoms with Crippen LogP contribution in [0.2, 0.25) is 5.02 Å². The Morgan fingerprint density at radius 3 is 2.02 bits per heavy atom. The first kappa shape index (κ1) is 28.8. The van der Waals surface area contributed by atoms with Crippen molar-refractivity contribution in [3.8, 4) is 5.75 Å². The minimum absolute atomic E-state index is 0.0338. The standard InChI is InChI=1S/C27H25ClO12/c1-12(29)34-11-22-23(35-13(2)30)24(36-14(3)31)25(37-15(4)32)27(40-22)39-21-10-20-18(9-19(21)28)16-7-5-6-8-17(16)26(33)38-20/h5-10,22-25,27H,11H2,1-4H3/t22-,23-,24+,25-,27-/m1/s1. The second-order valence-electron chi connectivity index (χ2n) is 8.90. The molecule has 5 atom stereocenters. The average Bonchev–Trinajstić information content (AvgIpc) is 2.87. The molecular weight excluding hydrogens is 552 g/mol. The minimum atomic E-state index is -1.51. The van der Waals surface area contributed by atoms with Crippen molar-refractivity contribution in [2.24, 2.45) is 0 Å². The van der Waals surface area contributed by atoms with E-state index in [2.05, 4.69) is 0 Å². The molecule has 1 saturated heterocycles. The van der Waals surface area contributed by atoms with Gasteiger partial charge in [-0.05, 0) is 17.5 Å². The molecule has 3 aromatic rings. The lowest BCUT2D eigenvalue weighted by Crippen LogP contribution is -2.63. The molecule has 1 aliphatic heterocycles. The van der Waals surface area contributed by atoms with Gasteiger partial charge in [0.15, 0.2) is 12.2 Å². The van der Waals surface area contributed by atoms with Crippen molar-refractivity contribution in [1.29, 1.82) is 0 Å². The zero-order chi connectivity index (χ0) is 29.1. The smallest absolute Gasteiger partial charge is 0.344 e. The summed E-state index contributed by atoms with van der Waals surface area (Å²) >= 11 is 6.54. The van der Waals surface area contributed by atoms with Crippen molar-refractivity contribution >= 4 is 57.2 Å². The van der Waals surface area contributed by atoms with Gasteiger partial charge in [0.1, 0.15) is 24.0 Å². The molecule has 4 rings (SSSR count). The second kappa shape index (κ2) is 11.9. The number of carbonyl (C=O) groups excluding carboxylic acids is 4. The van der Waals surface area contributed by atoms with Crippen LogP contribution in [0.3, 0.4) is 0 Å². The van der Waals surface area contributed by atoms with E-state index in [0.29, 0.717) is 16.2 Å². The molecule has 40 heavy (non-hydrogen) atoms. The van der Waals surface area contributed by atoms with Gasteiger partial charge in [-0.15, -0.1) is 0 Å². The Kier molecular flexibility index (Phi) is 8.60. The number of benzene rings is 2. The van der Waals surface area contributed by atoms with Gasteiger partial charge in [0.05, 0.1) is 10.4 Å². The molecule has 0 N–H and O–H groups in total. The maximum absolute atomic E-state index is 12.5. The summed E-state index contributed by atoms with van der Waals surface area (Å²) in [6.45, 7) is 4.06. The summed E-state index contributed by atoms with van der Waals surface area (Å²) in [5, 5.41) is 1.59. The van der Waals surface area contributed by atoms with Crippen LogP contribution in [-0.4, -0.2) is 61.2 Å². The Labute approximate surface area is 231 Å². The molecule has 0 aliphatic carbocycles. The van der Waals surface area contributed by atoms with Crippen molar-refractivity contribution in [3.63, 3.8) is 0 Å².